The van der Waals surface area contributed by atoms with E-state index in [0.717, 1.165) is 12.3 Å². The molecule has 0 saturated heterocycles. The van der Waals surface area contributed by atoms with E-state index in [1.807, 2.05) is 0 Å². The third-order valence-electron chi connectivity index (χ3n) is 2.89. The summed E-state index contributed by atoms with van der Waals surface area (Å²) in [7, 11) is 0. The molecule has 2 N–H and O–H groups in total. The zero-order chi connectivity index (χ0) is 18.6. The van der Waals surface area contributed by atoms with Crippen molar-refractivity contribution in [2.24, 2.45) is 0 Å². The highest BCUT2D eigenvalue weighted by molar-refractivity contribution is 6.33. The fourth-order valence-electron chi connectivity index (χ4n) is 1.82. The van der Waals surface area contributed by atoms with Crippen LogP contribution in [0.3, 0.4) is 0 Å². The van der Waals surface area contributed by atoms with Crippen molar-refractivity contribution < 1.29 is 22.8 Å². The first-order valence-electron chi connectivity index (χ1n) is 6.82. The molecule has 0 saturated carbocycles. The van der Waals surface area contributed by atoms with Gasteiger partial charge < -0.3 is 10.6 Å². The van der Waals surface area contributed by atoms with Gasteiger partial charge in [-0.15, -0.1) is 0 Å². The van der Waals surface area contributed by atoms with Gasteiger partial charge >= 0.3 is 6.18 Å². The van der Waals surface area contributed by atoms with E-state index in [1.165, 1.54) is 24.3 Å². The minimum atomic E-state index is -4.46. The Morgan fingerprint density at radius 2 is 1.88 bits per heavy atom. The lowest BCUT2D eigenvalue weighted by Gasteiger charge is -2.06. The second-order valence-corrected chi connectivity index (χ2v) is 5.27. The lowest BCUT2D eigenvalue weighted by atomic mass is 10.2. The Kier molecular flexibility index (Phi) is 5.48. The van der Waals surface area contributed by atoms with Gasteiger partial charge in [-0.1, -0.05) is 18.2 Å². The quantitative estimate of drug-likeness (QED) is 0.789. The summed E-state index contributed by atoms with van der Waals surface area (Å²) in [5.74, 6) is -1.19. The third-order valence-corrected chi connectivity index (χ3v) is 3.17. The Balaban J connectivity index is 2.07. The number of amides is 2. The third kappa shape index (κ3) is 5.35. The summed E-state index contributed by atoms with van der Waals surface area (Å²) in [5.41, 5.74) is 0.659. The highest BCUT2D eigenvalue weighted by Gasteiger charge is 2.29. The molecule has 0 unspecified atom stereocenters. The highest BCUT2D eigenvalue weighted by Crippen LogP contribution is 2.23. The first-order chi connectivity index (χ1) is 11.7. The Morgan fingerprint density at radius 3 is 2.44 bits per heavy atom. The minimum absolute atomic E-state index is 0.118. The number of anilines is 2. The van der Waals surface area contributed by atoms with Crippen molar-refractivity contribution in [1.29, 1.82) is 0 Å². The van der Waals surface area contributed by atoms with Crippen molar-refractivity contribution in [3.05, 3.63) is 53.7 Å². The fraction of sp³-hybridized carbons (Fsp3) is 0.133. The molecule has 6 nitrogen and oxygen atoms in total. The average molecular weight is 373 g/mol. The molecular formula is C15H12ClF3N4O2. The number of carbonyl (C=O) groups is 2. The molecule has 132 valence electrons. The van der Waals surface area contributed by atoms with Crippen LogP contribution in [0.5, 0.6) is 0 Å². The summed E-state index contributed by atoms with van der Waals surface area (Å²) < 4.78 is 37.6. The normalized spacial score (nSPS) is 11.0. The van der Waals surface area contributed by atoms with E-state index in [1.54, 1.807) is 0 Å². The zero-order valence-corrected chi connectivity index (χ0v) is 13.4. The van der Waals surface area contributed by atoms with Gasteiger partial charge in [-0.3, -0.25) is 14.3 Å². The van der Waals surface area contributed by atoms with Crippen molar-refractivity contribution in [2.75, 3.05) is 10.6 Å². The van der Waals surface area contributed by atoms with E-state index in [9.17, 15) is 22.8 Å². The molecule has 10 heteroatoms. The molecule has 0 spiro atoms. The molecule has 1 aromatic carbocycles. The Morgan fingerprint density at radius 1 is 1.24 bits per heavy atom. The van der Waals surface area contributed by atoms with Crippen LogP contribution >= 0.6 is 11.6 Å². The van der Waals surface area contributed by atoms with E-state index < -0.39 is 24.5 Å². The van der Waals surface area contributed by atoms with Crippen molar-refractivity contribution >= 4 is 34.9 Å². The number of aromatic nitrogens is 2. The van der Waals surface area contributed by atoms with Crippen LogP contribution in [0.2, 0.25) is 5.02 Å². The molecule has 0 fully saturated rings. The van der Waals surface area contributed by atoms with Gasteiger partial charge in [-0.2, -0.15) is 18.3 Å². The summed E-state index contributed by atoms with van der Waals surface area (Å²) in [6.07, 6.45) is -2.39. The molecule has 25 heavy (non-hydrogen) atoms. The molecule has 1 heterocycles. The molecule has 0 aliphatic carbocycles. The number of alkyl halides is 3. The zero-order valence-electron chi connectivity index (χ0n) is 12.6. The SMILES string of the molecule is C=CC(=O)Nc1ccc(C(=O)Nc2nn(CC(F)(F)F)cc2Cl)cc1. The molecule has 0 radical (unpaired) electrons. The molecule has 0 aliphatic rings. The van der Waals surface area contributed by atoms with E-state index in [-0.39, 0.29) is 16.4 Å². The van der Waals surface area contributed by atoms with Crippen LogP contribution in [0.15, 0.2) is 43.1 Å². The summed E-state index contributed by atoms with van der Waals surface area (Å²) in [4.78, 5) is 23.3. The van der Waals surface area contributed by atoms with Gasteiger partial charge in [0.15, 0.2) is 5.82 Å². The van der Waals surface area contributed by atoms with Crippen molar-refractivity contribution in [3.63, 3.8) is 0 Å². The summed E-state index contributed by atoms with van der Waals surface area (Å²) >= 11 is 5.78. The average Bonchev–Trinajstić information content (AvgIpc) is 2.85. The monoisotopic (exact) mass is 372 g/mol. The lowest BCUT2D eigenvalue weighted by Crippen LogP contribution is -2.18. The molecule has 0 bridgehead atoms. The maximum Gasteiger partial charge on any atom is 0.408 e. The molecule has 2 aromatic rings. The van der Waals surface area contributed by atoms with Crippen LogP contribution in [0.1, 0.15) is 10.4 Å². The molecular weight excluding hydrogens is 361 g/mol. The number of rotatable bonds is 5. The summed E-state index contributed by atoms with van der Waals surface area (Å²) in [6, 6.07) is 5.82. The van der Waals surface area contributed by atoms with Gasteiger partial charge in [0.2, 0.25) is 5.91 Å². The number of hydrogen-bond acceptors (Lipinski definition) is 3. The predicted molar refractivity (Wildman–Crippen MR) is 86.5 cm³/mol. The number of nitrogens with zero attached hydrogens (tertiary/aromatic N) is 2. The topological polar surface area (TPSA) is 76.0 Å². The predicted octanol–water partition coefficient (Wildman–Crippen LogP) is 3.48. The standard InChI is InChI=1S/C15H12ClF3N4O2/c1-2-12(24)20-10-5-3-9(4-6-10)14(25)21-13-11(16)7-23(22-13)8-15(17,18)19/h2-7H,1,8H2,(H,20,24)(H,21,22,25). The first-order valence-corrected chi connectivity index (χ1v) is 7.20. The maximum atomic E-state index is 12.3. The van der Waals surface area contributed by atoms with Crippen LogP contribution in [0, 0.1) is 0 Å². The van der Waals surface area contributed by atoms with Crippen molar-refractivity contribution in [3.8, 4) is 0 Å². The highest BCUT2D eigenvalue weighted by atomic mass is 35.5. The van der Waals surface area contributed by atoms with Gasteiger partial charge in [-0.05, 0) is 30.3 Å². The molecule has 2 rings (SSSR count). The minimum Gasteiger partial charge on any atom is -0.323 e. The lowest BCUT2D eigenvalue weighted by molar-refractivity contribution is -0.142. The van der Waals surface area contributed by atoms with Crippen molar-refractivity contribution in [2.45, 2.75) is 12.7 Å². The number of hydrogen-bond donors (Lipinski definition) is 2. The van der Waals surface area contributed by atoms with Gasteiger partial charge in [-0.25, -0.2) is 0 Å². The van der Waals surface area contributed by atoms with E-state index in [0.29, 0.717) is 10.4 Å². The van der Waals surface area contributed by atoms with Crippen LogP contribution in [0.4, 0.5) is 24.7 Å². The van der Waals surface area contributed by atoms with Crippen LogP contribution in [0.25, 0.3) is 0 Å². The number of halogens is 4. The van der Waals surface area contributed by atoms with E-state index in [4.69, 9.17) is 11.6 Å². The number of carbonyl (C=O) groups excluding carboxylic acids is 2. The van der Waals surface area contributed by atoms with Crippen molar-refractivity contribution in [1.82, 2.24) is 9.78 Å². The molecule has 0 atom stereocenters. The molecule has 0 aliphatic heterocycles. The molecule has 1 aromatic heterocycles. The van der Waals surface area contributed by atoms with Crippen LogP contribution in [-0.2, 0) is 11.3 Å². The van der Waals surface area contributed by atoms with E-state index in [2.05, 4.69) is 22.3 Å². The summed E-state index contributed by atoms with van der Waals surface area (Å²) in [5, 5.41) is 8.32. The Labute approximate surface area is 145 Å². The van der Waals surface area contributed by atoms with E-state index >= 15 is 0 Å². The fourth-order valence-corrected chi connectivity index (χ4v) is 2.02. The smallest absolute Gasteiger partial charge is 0.323 e. The molecule has 2 amide bonds. The first kappa shape index (κ1) is 18.5. The van der Waals surface area contributed by atoms with Gasteiger partial charge in [0.1, 0.15) is 11.6 Å². The van der Waals surface area contributed by atoms with Crippen LogP contribution in [-0.4, -0.2) is 27.8 Å². The second kappa shape index (κ2) is 7.39. The Bertz CT molecular complexity index is 800. The van der Waals surface area contributed by atoms with Crippen LogP contribution < -0.4 is 10.6 Å². The van der Waals surface area contributed by atoms with Gasteiger partial charge in [0.05, 0.1) is 0 Å². The van der Waals surface area contributed by atoms with Gasteiger partial charge in [0.25, 0.3) is 5.91 Å². The second-order valence-electron chi connectivity index (χ2n) is 4.86. The number of benzene rings is 1. The van der Waals surface area contributed by atoms with Gasteiger partial charge in [0, 0.05) is 17.4 Å². The number of nitrogens with one attached hydrogen (secondary N) is 2. The Hall–Kier alpha value is -2.81. The summed E-state index contributed by atoms with van der Waals surface area (Å²) in [6.45, 7) is 1.99. The largest absolute Gasteiger partial charge is 0.408 e. The maximum absolute atomic E-state index is 12.3.